The predicted octanol–water partition coefficient (Wildman–Crippen LogP) is 3.18. The van der Waals surface area contributed by atoms with Crippen LogP contribution < -0.4 is 4.74 Å². The van der Waals surface area contributed by atoms with Crippen LogP contribution in [0.5, 0.6) is 5.75 Å². The van der Waals surface area contributed by atoms with E-state index in [0.717, 1.165) is 17.5 Å². The van der Waals surface area contributed by atoms with Crippen molar-refractivity contribution in [1.82, 2.24) is 0 Å². The van der Waals surface area contributed by atoms with E-state index in [1.54, 1.807) is 7.11 Å². The molecule has 0 amide bonds. The average Bonchev–Trinajstić information content (AvgIpc) is 2.99. The zero-order valence-electron chi connectivity index (χ0n) is 13.4. The van der Waals surface area contributed by atoms with E-state index in [0.29, 0.717) is 34.5 Å². The third kappa shape index (κ3) is 2.02. The molecule has 0 radical (unpaired) electrons. The molecule has 2 aliphatic rings. The molecule has 24 heavy (non-hydrogen) atoms. The van der Waals surface area contributed by atoms with E-state index in [-0.39, 0.29) is 18.5 Å². The van der Waals surface area contributed by atoms with Gasteiger partial charge in [0, 0.05) is 29.4 Å². The molecule has 0 saturated heterocycles. The Kier molecular flexibility index (Phi) is 3.33. The Morgan fingerprint density at radius 1 is 1.42 bits per heavy atom. The third-order valence-corrected chi connectivity index (χ3v) is 4.50. The maximum Gasteiger partial charge on any atom is 0.339 e. The van der Waals surface area contributed by atoms with E-state index in [1.165, 1.54) is 13.2 Å². The third-order valence-electron chi connectivity index (χ3n) is 4.50. The molecule has 0 bridgehead atoms. The van der Waals surface area contributed by atoms with Crippen LogP contribution in [-0.4, -0.2) is 25.7 Å². The Morgan fingerprint density at radius 2 is 2.25 bits per heavy atom. The minimum absolute atomic E-state index is 0.0328. The van der Waals surface area contributed by atoms with Crippen LogP contribution in [-0.2, 0) is 20.9 Å². The molecule has 2 aromatic rings. The van der Waals surface area contributed by atoms with Crippen molar-refractivity contribution in [2.75, 3.05) is 13.7 Å². The van der Waals surface area contributed by atoms with E-state index in [9.17, 15) is 9.59 Å². The van der Waals surface area contributed by atoms with Gasteiger partial charge in [-0.2, -0.15) is 0 Å². The van der Waals surface area contributed by atoms with Crippen LogP contribution in [0.4, 0.5) is 0 Å². The monoisotopic (exact) mass is 328 g/mol. The lowest BCUT2D eigenvalue weighted by Gasteiger charge is -2.30. The van der Waals surface area contributed by atoms with E-state index >= 15 is 0 Å². The lowest BCUT2D eigenvalue weighted by Crippen LogP contribution is -2.25. The number of carbonyl (C=O) groups excluding carboxylic acids is 2. The van der Waals surface area contributed by atoms with E-state index in [1.807, 2.05) is 12.2 Å². The summed E-state index contributed by atoms with van der Waals surface area (Å²) in [5.41, 5.74) is 3.39. The molecule has 2 heterocycles. The molecule has 0 unspecified atom stereocenters. The molecular weight excluding hydrogens is 312 g/mol. The number of hydrogen-bond donors (Lipinski definition) is 0. The second-order valence-electron chi connectivity index (χ2n) is 5.91. The van der Waals surface area contributed by atoms with Crippen LogP contribution in [0, 0.1) is 0 Å². The average molecular weight is 328 g/mol. The normalized spacial score (nSPS) is 18.2. The Bertz CT molecular complexity index is 889. The predicted molar refractivity (Wildman–Crippen MR) is 84.9 cm³/mol. The van der Waals surface area contributed by atoms with Crippen molar-refractivity contribution in [3.05, 3.63) is 34.6 Å². The van der Waals surface area contributed by atoms with Gasteiger partial charge < -0.3 is 18.6 Å². The molecule has 0 N–H and O–H groups in total. The number of hydrogen-bond acceptors (Lipinski definition) is 6. The van der Waals surface area contributed by atoms with Crippen LogP contribution in [0.25, 0.3) is 17.0 Å². The Morgan fingerprint density at radius 3 is 3.00 bits per heavy atom. The summed E-state index contributed by atoms with van der Waals surface area (Å²) < 4.78 is 21.7. The SMILES string of the molecule is COc1c2c3c(c4c(COC(C)=O)coc14)C(=O)OC[C@H]3CC=C2. The largest absolute Gasteiger partial charge is 0.492 e. The van der Waals surface area contributed by atoms with Gasteiger partial charge in [0.15, 0.2) is 11.3 Å². The fourth-order valence-corrected chi connectivity index (χ4v) is 3.51. The van der Waals surface area contributed by atoms with Crippen molar-refractivity contribution < 1.29 is 28.2 Å². The van der Waals surface area contributed by atoms with Crippen LogP contribution in [0.3, 0.4) is 0 Å². The first-order valence-corrected chi connectivity index (χ1v) is 7.72. The van der Waals surface area contributed by atoms with Gasteiger partial charge in [0.25, 0.3) is 0 Å². The van der Waals surface area contributed by atoms with Crippen molar-refractivity contribution in [3.8, 4) is 5.75 Å². The number of benzene rings is 1. The van der Waals surface area contributed by atoms with Gasteiger partial charge in [0.1, 0.15) is 6.61 Å². The van der Waals surface area contributed by atoms with Gasteiger partial charge in [0.2, 0.25) is 0 Å². The lowest BCUT2D eigenvalue weighted by molar-refractivity contribution is -0.142. The van der Waals surface area contributed by atoms with Crippen LogP contribution in [0.2, 0.25) is 0 Å². The summed E-state index contributed by atoms with van der Waals surface area (Å²) in [6, 6.07) is 0. The van der Waals surface area contributed by atoms with Crippen molar-refractivity contribution >= 4 is 29.0 Å². The topological polar surface area (TPSA) is 75.0 Å². The highest BCUT2D eigenvalue weighted by molar-refractivity contribution is 6.10. The van der Waals surface area contributed by atoms with Gasteiger partial charge in [-0.25, -0.2) is 4.79 Å². The van der Waals surface area contributed by atoms with E-state index in [2.05, 4.69) is 0 Å². The molecule has 0 fully saturated rings. The second-order valence-corrected chi connectivity index (χ2v) is 5.91. The summed E-state index contributed by atoms with van der Waals surface area (Å²) in [4.78, 5) is 23.6. The summed E-state index contributed by atoms with van der Waals surface area (Å²) in [6.45, 7) is 1.73. The number of furan rings is 1. The Hall–Kier alpha value is -2.76. The molecule has 1 atom stereocenters. The van der Waals surface area contributed by atoms with Gasteiger partial charge in [-0.3, -0.25) is 4.79 Å². The number of rotatable bonds is 3. The van der Waals surface area contributed by atoms with Gasteiger partial charge in [-0.15, -0.1) is 0 Å². The number of fused-ring (bicyclic) bond motifs is 2. The van der Waals surface area contributed by atoms with Crippen molar-refractivity contribution in [2.45, 2.75) is 25.9 Å². The van der Waals surface area contributed by atoms with E-state index < -0.39 is 5.97 Å². The molecule has 1 aliphatic heterocycles. The number of methoxy groups -OCH3 is 1. The lowest BCUT2D eigenvalue weighted by atomic mass is 9.80. The first-order valence-electron chi connectivity index (χ1n) is 7.72. The first-order chi connectivity index (χ1) is 11.6. The molecule has 1 aliphatic carbocycles. The standard InChI is InChI=1S/C18H16O6/c1-9(19)22-7-11-8-23-17-14(11)15-13-10(6-24-18(15)20)4-3-5-12(13)16(17)21-2/h3,5,8,10H,4,6-7H2,1-2H3/t10-/m1/s1. The minimum Gasteiger partial charge on any atom is -0.492 e. The Balaban J connectivity index is 2.04. The maximum absolute atomic E-state index is 12.5. The highest BCUT2D eigenvalue weighted by atomic mass is 16.5. The highest BCUT2D eigenvalue weighted by Crippen LogP contribution is 2.47. The first kappa shape index (κ1) is 14.8. The molecule has 0 spiro atoms. The number of ether oxygens (including phenoxy) is 3. The minimum atomic E-state index is -0.397. The van der Waals surface area contributed by atoms with E-state index in [4.69, 9.17) is 18.6 Å². The molecule has 1 aromatic heterocycles. The highest BCUT2D eigenvalue weighted by Gasteiger charge is 2.36. The van der Waals surface area contributed by atoms with Gasteiger partial charge in [-0.1, -0.05) is 12.2 Å². The number of allylic oxidation sites excluding steroid dienone is 1. The molecule has 6 heteroatoms. The molecule has 124 valence electrons. The summed E-state index contributed by atoms with van der Waals surface area (Å²) in [5, 5.41) is 0.608. The quantitative estimate of drug-likeness (QED) is 0.806. The molecular formula is C18H16O6. The number of cyclic esters (lactones) is 1. The number of carbonyl (C=O) groups is 2. The second kappa shape index (κ2) is 5.40. The van der Waals surface area contributed by atoms with Crippen molar-refractivity contribution in [1.29, 1.82) is 0 Å². The van der Waals surface area contributed by atoms with Crippen molar-refractivity contribution in [3.63, 3.8) is 0 Å². The fraction of sp³-hybridized carbons (Fsp3) is 0.333. The molecule has 0 saturated carbocycles. The smallest absolute Gasteiger partial charge is 0.339 e. The maximum atomic E-state index is 12.5. The zero-order valence-corrected chi connectivity index (χ0v) is 13.4. The molecule has 1 aromatic carbocycles. The van der Waals surface area contributed by atoms with Crippen LogP contribution >= 0.6 is 0 Å². The van der Waals surface area contributed by atoms with Gasteiger partial charge in [-0.05, 0) is 12.0 Å². The van der Waals surface area contributed by atoms with Crippen LogP contribution in [0.1, 0.15) is 46.3 Å². The summed E-state index contributed by atoms with van der Waals surface area (Å²) in [7, 11) is 1.57. The summed E-state index contributed by atoms with van der Waals surface area (Å²) in [6.07, 6.45) is 6.31. The van der Waals surface area contributed by atoms with Crippen molar-refractivity contribution in [2.24, 2.45) is 0 Å². The zero-order chi connectivity index (χ0) is 16.8. The van der Waals surface area contributed by atoms with Crippen LogP contribution in [0.15, 0.2) is 16.8 Å². The summed E-state index contributed by atoms with van der Waals surface area (Å²) >= 11 is 0. The molecule has 4 rings (SSSR count). The fourth-order valence-electron chi connectivity index (χ4n) is 3.51. The molecule has 6 nitrogen and oxygen atoms in total. The summed E-state index contributed by atoms with van der Waals surface area (Å²) in [5.74, 6) is -0.0804. The van der Waals surface area contributed by atoms with Gasteiger partial charge in [0.05, 0.1) is 25.5 Å². The van der Waals surface area contributed by atoms with Gasteiger partial charge >= 0.3 is 11.9 Å². The number of esters is 2. The Labute approximate surface area is 138 Å².